The molecule has 0 aromatic carbocycles. The standard InChI is InChI=1S/C11H15N3/c1-8-3-4-10(14-13-8)12-9-7-11(9)5-2-6-11/h3-4,9H,2,5-7H2,1H3,(H,12,14). The maximum absolute atomic E-state index is 4.12. The van der Waals surface area contributed by atoms with Crippen molar-refractivity contribution >= 4 is 5.82 Å². The SMILES string of the molecule is Cc1ccc(NC2CC23CCC3)nn1. The third kappa shape index (κ3) is 1.19. The highest BCUT2D eigenvalue weighted by Crippen LogP contribution is 2.61. The number of nitrogens with one attached hydrogen (secondary N) is 1. The monoisotopic (exact) mass is 189 g/mol. The average Bonchev–Trinajstić information content (AvgIpc) is 2.83. The zero-order chi connectivity index (χ0) is 9.60. The molecule has 0 bridgehead atoms. The van der Waals surface area contributed by atoms with E-state index in [-0.39, 0.29) is 0 Å². The second-order valence-corrected chi connectivity index (χ2v) is 4.68. The Morgan fingerprint density at radius 2 is 2.21 bits per heavy atom. The maximum Gasteiger partial charge on any atom is 0.148 e. The number of anilines is 1. The lowest BCUT2D eigenvalue weighted by Gasteiger charge is -2.26. The Labute approximate surface area is 83.9 Å². The van der Waals surface area contributed by atoms with Crippen LogP contribution >= 0.6 is 0 Å². The van der Waals surface area contributed by atoms with E-state index in [4.69, 9.17) is 0 Å². The van der Waals surface area contributed by atoms with E-state index in [1.807, 2.05) is 19.1 Å². The van der Waals surface area contributed by atoms with Gasteiger partial charge in [0.2, 0.25) is 0 Å². The molecule has 2 saturated carbocycles. The second kappa shape index (κ2) is 2.69. The van der Waals surface area contributed by atoms with E-state index in [1.165, 1.54) is 25.7 Å². The largest absolute Gasteiger partial charge is 0.365 e. The molecule has 3 heteroatoms. The summed E-state index contributed by atoms with van der Waals surface area (Å²) in [5.74, 6) is 0.935. The molecule has 1 unspecified atom stereocenters. The van der Waals surface area contributed by atoms with Crippen LogP contribution in [0.2, 0.25) is 0 Å². The summed E-state index contributed by atoms with van der Waals surface area (Å²) in [6.07, 6.45) is 5.56. The zero-order valence-corrected chi connectivity index (χ0v) is 8.45. The van der Waals surface area contributed by atoms with Gasteiger partial charge in [-0.3, -0.25) is 0 Å². The molecular weight excluding hydrogens is 174 g/mol. The van der Waals surface area contributed by atoms with Gasteiger partial charge in [0.1, 0.15) is 5.82 Å². The summed E-state index contributed by atoms with van der Waals surface area (Å²) in [5, 5.41) is 11.6. The van der Waals surface area contributed by atoms with Gasteiger partial charge in [-0.2, -0.15) is 5.10 Å². The van der Waals surface area contributed by atoms with Crippen molar-refractivity contribution in [2.24, 2.45) is 5.41 Å². The zero-order valence-electron chi connectivity index (χ0n) is 8.45. The van der Waals surface area contributed by atoms with Crippen LogP contribution < -0.4 is 5.32 Å². The minimum atomic E-state index is 0.659. The van der Waals surface area contributed by atoms with E-state index >= 15 is 0 Å². The summed E-state index contributed by atoms with van der Waals surface area (Å²) in [4.78, 5) is 0. The predicted molar refractivity (Wildman–Crippen MR) is 55.1 cm³/mol. The van der Waals surface area contributed by atoms with E-state index in [0.29, 0.717) is 11.5 Å². The van der Waals surface area contributed by atoms with Gasteiger partial charge in [-0.1, -0.05) is 6.42 Å². The summed E-state index contributed by atoms with van der Waals surface area (Å²) < 4.78 is 0. The van der Waals surface area contributed by atoms with Crippen LogP contribution in [0.1, 0.15) is 31.4 Å². The molecule has 1 spiro atoms. The van der Waals surface area contributed by atoms with Crippen molar-refractivity contribution in [3.8, 4) is 0 Å². The molecule has 0 radical (unpaired) electrons. The molecule has 1 aromatic heterocycles. The first-order chi connectivity index (χ1) is 6.78. The van der Waals surface area contributed by atoms with E-state index in [9.17, 15) is 0 Å². The molecule has 0 aliphatic heterocycles. The fourth-order valence-corrected chi connectivity index (χ4v) is 2.39. The Bertz CT molecular complexity index is 340. The molecule has 3 rings (SSSR count). The van der Waals surface area contributed by atoms with Gasteiger partial charge >= 0.3 is 0 Å². The number of hydrogen-bond donors (Lipinski definition) is 1. The third-order valence-electron chi connectivity index (χ3n) is 3.66. The minimum Gasteiger partial charge on any atom is -0.365 e. The van der Waals surface area contributed by atoms with E-state index in [2.05, 4.69) is 15.5 Å². The number of aromatic nitrogens is 2. The van der Waals surface area contributed by atoms with Gasteiger partial charge < -0.3 is 5.32 Å². The summed E-state index contributed by atoms with van der Waals surface area (Å²) in [6.45, 7) is 1.96. The Hall–Kier alpha value is -1.12. The fraction of sp³-hybridized carbons (Fsp3) is 0.636. The highest BCUT2D eigenvalue weighted by atomic mass is 15.2. The van der Waals surface area contributed by atoms with Crippen molar-refractivity contribution in [1.82, 2.24) is 10.2 Å². The van der Waals surface area contributed by atoms with Crippen LogP contribution in [0.25, 0.3) is 0 Å². The molecule has 2 fully saturated rings. The van der Waals surface area contributed by atoms with Gasteiger partial charge in [0.05, 0.1) is 5.69 Å². The van der Waals surface area contributed by atoms with Crippen molar-refractivity contribution in [2.45, 2.75) is 38.6 Å². The highest BCUT2D eigenvalue weighted by Gasteiger charge is 2.57. The van der Waals surface area contributed by atoms with E-state index in [0.717, 1.165) is 11.5 Å². The van der Waals surface area contributed by atoms with Gasteiger partial charge in [0.15, 0.2) is 0 Å². The van der Waals surface area contributed by atoms with Gasteiger partial charge in [0, 0.05) is 6.04 Å². The lowest BCUT2D eigenvalue weighted by Crippen LogP contribution is -2.21. The van der Waals surface area contributed by atoms with E-state index in [1.54, 1.807) is 0 Å². The Morgan fingerprint density at radius 3 is 2.71 bits per heavy atom. The molecule has 1 atom stereocenters. The molecule has 1 aromatic rings. The van der Waals surface area contributed by atoms with Gasteiger partial charge in [-0.05, 0) is 43.7 Å². The van der Waals surface area contributed by atoms with Crippen molar-refractivity contribution in [3.05, 3.63) is 17.8 Å². The quantitative estimate of drug-likeness (QED) is 0.774. The molecule has 2 aliphatic rings. The van der Waals surface area contributed by atoms with Crippen LogP contribution in [0.3, 0.4) is 0 Å². The van der Waals surface area contributed by atoms with Gasteiger partial charge in [-0.15, -0.1) is 5.10 Å². The molecule has 0 amide bonds. The summed E-state index contributed by atoms with van der Waals surface area (Å²) in [6, 6.07) is 4.70. The van der Waals surface area contributed by atoms with Crippen LogP contribution in [0.5, 0.6) is 0 Å². The van der Waals surface area contributed by atoms with E-state index < -0.39 is 0 Å². The third-order valence-corrected chi connectivity index (χ3v) is 3.66. The summed E-state index contributed by atoms with van der Waals surface area (Å²) >= 11 is 0. The molecule has 74 valence electrons. The van der Waals surface area contributed by atoms with Gasteiger partial charge in [-0.25, -0.2) is 0 Å². The van der Waals surface area contributed by atoms with Crippen LogP contribution in [0.4, 0.5) is 5.82 Å². The lowest BCUT2D eigenvalue weighted by atomic mass is 9.81. The predicted octanol–water partition coefficient (Wildman–Crippen LogP) is 2.14. The average molecular weight is 189 g/mol. The first kappa shape index (κ1) is 8.21. The van der Waals surface area contributed by atoms with Crippen molar-refractivity contribution in [1.29, 1.82) is 0 Å². The molecule has 1 heterocycles. The van der Waals surface area contributed by atoms with Crippen LogP contribution in [0.15, 0.2) is 12.1 Å². The number of rotatable bonds is 2. The Kier molecular flexibility index (Phi) is 1.58. The normalized spacial score (nSPS) is 27.1. The number of nitrogens with zero attached hydrogens (tertiary/aromatic N) is 2. The first-order valence-electron chi connectivity index (χ1n) is 5.35. The topological polar surface area (TPSA) is 37.8 Å². The molecule has 0 saturated heterocycles. The summed E-state index contributed by atoms with van der Waals surface area (Å²) in [5.41, 5.74) is 1.64. The van der Waals surface area contributed by atoms with Crippen molar-refractivity contribution < 1.29 is 0 Å². The Balaban J connectivity index is 1.65. The van der Waals surface area contributed by atoms with Crippen LogP contribution in [-0.4, -0.2) is 16.2 Å². The Morgan fingerprint density at radius 1 is 1.36 bits per heavy atom. The van der Waals surface area contributed by atoms with Gasteiger partial charge in [0.25, 0.3) is 0 Å². The van der Waals surface area contributed by atoms with Crippen LogP contribution in [-0.2, 0) is 0 Å². The lowest BCUT2D eigenvalue weighted by molar-refractivity contribution is 0.282. The van der Waals surface area contributed by atoms with Crippen molar-refractivity contribution in [3.63, 3.8) is 0 Å². The smallest absolute Gasteiger partial charge is 0.148 e. The molecule has 1 N–H and O–H groups in total. The van der Waals surface area contributed by atoms with Crippen molar-refractivity contribution in [2.75, 3.05) is 5.32 Å². The fourth-order valence-electron chi connectivity index (χ4n) is 2.39. The number of aryl methyl sites for hydroxylation is 1. The minimum absolute atomic E-state index is 0.659. The first-order valence-corrected chi connectivity index (χ1v) is 5.35. The second-order valence-electron chi connectivity index (χ2n) is 4.68. The number of hydrogen-bond acceptors (Lipinski definition) is 3. The van der Waals surface area contributed by atoms with Crippen LogP contribution in [0, 0.1) is 12.3 Å². The maximum atomic E-state index is 4.12. The molecule has 14 heavy (non-hydrogen) atoms. The molecule has 2 aliphatic carbocycles. The highest BCUT2D eigenvalue weighted by molar-refractivity contribution is 5.38. The molecule has 3 nitrogen and oxygen atoms in total. The summed E-state index contributed by atoms with van der Waals surface area (Å²) in [7, 11) is 0. The molecular formula is C11H15N3.